The number of aromatic nitrogens is 2. The van der Waals surface area contributed by atoms with Crippen LogP contribution in [0.3, 0.4) is 0 Å². The summed E-state index contributed by atoms with van der Waals surface area (Å²) in [4.78, 5) is 34.0. The summed E-state index contributed by atoms with van der Waals surface area (Å²) in [5.74, 6) is 1.03. The van der Waals surface area contributed by atoms with Crippen LogP contribution in [0.25, 0.3) is 11.3 Å². The minimum Gasteiger partial charge on any atom is -0.495 e. The second-order valence-corrected chi connectivity index (χ2v) is 9.53. The summed E-state index contributed by atoms with van der Waals surface area (Å²) in [7, 11) is 5.98. The number of rotatable bonds is 11. The van der Waals surface area contributed by atoms with Crippen molar-refractivity contribution in [2.24, 2.45) is 0 Å². The van der Waals surface area contributed by atoms with Crippen LogP contribution in [-0.2, 0) is 4.79 Å². The standard InChI is InChI=1S/C30H28N6O6S/c1-39-22-13-9-8-12-21(22)33-28-20(16-31)26(18-14-23(40-2)27(42-4)24(15-18)41-3)35-30(36-28)43-17-25(37)34-29(38)32-19-10-6-5-7-11-19/h5-15H,17H2,1-4H3,(H,33,35,36)(H2,32,34,37,38). The first kappa shape index (κ1) is 30.5. The normalized spacial score (nSPS) is 10.2. The molecule has 43 heavy (non-hydrogen) atoms. The second-order valence-electron chi connectivity index (χ2n) is 8.59. The molecular weight excluding hydrogens is 572 g/mol. The Morgan fingerprint density at radius 1 is 0.860 bits per heavy atom. The molecule has 1 aromatic heterocycles. The molecule has 0 saturated carbocycles. The maximum absolute atomic E-state index is 12.6. The molecule has 0 saturated heterocycles. The number of benzene rings is 3. The largest absolute Gasteiger partial charge is 0.495 e. The van der Waals surface area contributed by atoms with Crippen molar-refractivity contribution in [1.82, 2.24) is 15.3 Å². The van der Waals surface area contributed by atoms with E-state index in [1.54, 1.807) is 54.6 Å². The maximum Gasteiger partial charge on any atom is 0.325 e. The Labute approximate surface area is 252 Å². The van der Waals surface area contributed by atoms with Crippen molar-refractivity contribution < 1.29 is 28.5 Å². The SMILES string of the molecule is COc1ccccc1Nc1nc(SCC(=O)NC(=O)Nc2ccccc2)nc(-c2cc(OC)c(OC)c(OC)c2)c1C#N. The number of amides is 3. The van der Waals surface area contributed by atoms with Crippen molar-refractivity contribution in [1.29, 1.82) is 5.26 Å². The summed E-state index contributed by atoms with van der Waals surface area (Å²) in [6.45, 7) is 0. The van der Waals surface area contributed by atoms with E-state index in [4.69, 9.17) is 18.9 Å². The molecular formula is C30H28N6O6S. The summed E-state index contributed by atoms with van der Waals surface area (Å²) < 4.78 is 21.9. The third-order valence-electron chi connectivity index (χ3n) is 5.92. The molecule has 0 atom stereocenters. The van der Waals surface area contributed by atoms with Crippen molar-refractivity contribution in [3.63, 3.8) is 0 Å². The third kappa shape index (κ3) is 7.43. The summed E-state index contributed by atoms with van der Waals surface area (Å²) in [5.41, 5.74) is 1.94. The molecule has 3 amide bonds. The number of hydrogen-bond donors (Lipinski definition) is 3. The first-order valence-electron chi connectivity index (χ1n) is 12.7. The third-order valence-corrected chi connectivity index (χ3v) is 6.76. The topological polar surface area (TPSA) is 157 Å². The average Bonchev–Trinajstić information content (AvgIpc) is 3.03. The molecule has 0 fully saturated rings. The fourth-order valence-corrected chi connectivity index (χ4v) is 4.62. The highest BCUT2D eigenvalue weighted by Crippen LogP contribution is 2.42. The molecule has 0 bridgehead atoms. The fraction of sp³-hybridized carbons (Fsp3) is 0.167. The van der Waals surface area contributed by atoms with E-state index < -0.39 is 11.9 Å². The number of anilines is 3. The zero-order chi connectivity index (χ0) is 30.8. The summed E-state index contributed by atoms with van der Waals surface area (Å²) in [6, 6.07) is 20.7. The summed E-state index contributed by atoms with van der Waals surface area (Å²) >= 11 is 0.985. The fourth-order valence-electron chi connectivity index (χ4n) is 3.98. The van der Waals surface area contributed by atoms with Gasteiger partial charge in [0.2, 0.25) is 11.7 Å². The van der Waals surface area contributed by atoms with Crippen LogP contribution in [0.1, 0.15) is 5.56 Å². The highest BCUT2D eigenvalue weighted by Gasteiger charge is 2.22. The van der Waals surface area contributed by atoms with Gasteiger partial charge in [-0.2, -0.15) is 5.26 Å². The van der Waals surface area contributed by atoms with Gasteiger partial charge in [0.05, 0.1) is 45.6 Å². The highest BCUT2D eigenvalue weighted by atomic mass is 32.2. The number of urea groups is 1. The van der Waals surface area contributed by atoms with E-state index >= 15 is 0 Å². The van der Waals surface area contributed by atoms with Gasteiger partial charge < -0.3 is 29.6 Å². The van der Waals surface area contributed by atoms with E-state index in [1.165, 1.54) is 28.4 Å². The zero-order valence-corrected chi connectivity index (χ0v) is 24.6. The minimum atomic E-state index is -0.672. The lowest BCUT2D eigenvalue weighted by Gasteiger charge is -2.17. The van der Waals surface area contributed by atoms with Crippen LogP contribution in [0, 0.1) is 11.3 Å². The number of hydrogen-bond acceptors (Lipinski definition) is 11. The predicted octanol–water partition coefficient (Wildman–Crippen LogP) is 5.23. The van der Waals surface area contributed by atoms with Gasteiger partial charge in [0.25, 0.3) is 0 Å². The number of nitrogens with zero attached hydrogens (tertiary/aromatic N) is 3. The van der Waals surface area contributed by atoms with Crippen LogP contribution in [-0.4, -0.2) is 56.1 Å². The van der Waals surface area contributed by atoms with E-state index in [0.717, 1.165) is 11.8 Å². The molecule has 4 aromatic rings. The monoisotopic (exact) mass is 600 g/mol. The Kier molecular flexibility index (Phi) is 10.2. The van der Waals surface area contributed by atoms with Crippen molar-refractivity contribution in [2.75, 3.05) is 44.8 Å². The van der Waals surface area contributed by atoms with Crippen molar-refractivity contribution >= 4 is 40.9 Å². The molecule has 3 aromatic carbocycles. The smallest absolute Gasteiger partial charge is 0.325 e. The van der Waals surface area contributed by atoms with Gasteiger partial charge >= 0.3 is 6.03 Å². The van der Waals surface area contributed by atoms with Gasteiger partial charge in [-0.25, -0.2) is 14.8 Å². The molecule has 0 aliphatic heterocycles. The van der Waals surface area contributed by atoms with Gasteiger partial charge in [0, 0.05) is 11.3 Å². The number of para-hydroxylation sites is 3. The Morgan fingerprint density at radius 2 is 1.51 bits per heavy atom. The van der Waals surface area contributed by atoms with Gasteiger partial charge in [-0.15, -0.1) is 0 Å². The average molecular weight is 601 g/mol. The Hall–Kier alpha value is -5.48. The van der Waals surface area contributed by atoms with Crippen LogP contribution in [0.2, 0.25) is 0 Å². The first-order chi connectivity index (χ1) is 20.9. The van der Waals surface area contributed by atoms with E-state index in [9.17, 15) is 14.9 Å². The number of imide groups is 1. The van der Waals surface area contributed by atoms with Crippen LogP contribution >= 0.6 is 11.8 Å². The summed E-state index contributed by atoms with van der Waals surface area (Å²) in [5, 5.41) is 18.4. The van der Waals surface area contributed by atoms with Crippen LogP contribution in [0.15, 0.2) is 71.9 Å². The number of nitriles is 1. The Morgan fingerprint density at radius 3 is 2.14 bits per heavy atom. The lowest BCUT2D eigenvalue weighted by Crippen LogP contribution is -2.35. The molecule has 0 aliphatic carbocycles. The number of methoxy groups -OCH3 is 4. The molecule has 0 unspecified atom stereocenters. The predicted molar refractivity (Wildman–Crippen MR) is 162 cm³/mol. The molecule has 12 nitrogen and oxygen atoms in total. The van der Waals surface area contributed by atoms with Crippen molar-refractivity contribution in [3.8, 4) is 40.3 Å². The summed E-state index contributed by atoms with van der Waals surface area (Å²) in [6.07, 6.45) is 0. The molecule has 0 aliphatic rings. The quantitative estimate of drug-likeness (QED) is 0.153. The highest BCUT2D eigenvalue weighted by molar-refractivity contribution is 7.99. The van der Waals surface area contributed by atoms with Crippen LogP contribution in [0.5, 0.6) is 23.0 Å². The van der Waals surface area contributed by atoms with Gasteiger partial charge in [-0.05, 0) is 36.4 Å². The lowest BCUT2D eigenvalue weighted by atomic mass is 10.1. The first-order valence-corrected chi connectivity index (χ1v) is 13.7. The van der Waals surface area contributed by atoms with Crippen LogP contribution in [0.4, 0.5) is 22.0 Å². The second kappa shape index (κ2) is 14.4. The molecule has 220 valence electrons. The van der Waals surface area contributed by atoms with Gasteiger partial charge in [-0.1, -0.05) is 42.1 Å². The molecule has 3 N–H and O–H groups in total. The van der Waals surface area contributed by atoms with E-state index in [1.807, 2.05) is 12.1 Å². The molecule has 0 spiro atoms. The number of ether oxygens (including phenoxy) is 4. The van der Waals surface area contributed by atoms with Crippen molar-refractivity contribution in [2.45, 2.75) is 5.16 Å². The maximum atomic E-state index is 12.6. The number of thioether (sulfide) groups is 1. The Balaban J connectivity index is 1.70. The minimum absolute atomic E-state index is 0.121. The molecule has 0 radical (unpaired) electrons. The van der Waals surface area contributed by atoms with Gasteiger partial charge in [-0.3, -0.25) is 10.1 Å². The zero-order valence-electron chi connectivity index (χ0n) is 23.8. The van der Waals surface area contributed by atoms with Gasteiger partial charge in [0.1, 0.15) is 17.4 Å². The van der Waals surface area contributed by atoms with Gasteiger partial charge in [0.15, 0.2) is 22.5 Å². The van der Waals surface area contributed by atoms with E-state index in [-0.39, 0.29) is 28.0 Å². The lowest BCUT2D eigenvalue weighted by molar-refractivity contribution is -0.117. The van der Waals surface area contributed by atoms with Crippen molar-refractivity contribution in [3.05, 3.63) is 72.3 Å². The van der Waals surface area contributed by atoms with E-state index in [2.05, 4.69) is 32.0 Å². The molecule has 13 heteroatoms. The molecule has 1 heterocycles. The Bertz CT molecular complexity index is 1640. The molecule has 4 rings (SSSR count). The number of carbonyl (C=O) groups excluding carboxylic acids is 2. The van der Waals surface area contributed by atoms with E-state index in [0.29, 0.717) is 39.9 Å². The number of carbonyl (C=O) groups is 2. The number of nitrogens with one attached hydrogen (secondary N) is 3. The van der Waals surface area contributed by atoms with Crippen LogP contribution < -0.4 is 34.9 Å².